The van der Waals surface area contributed by atoms with Gasteiger partial charge >= 0.3 is 0 Å². The molecule has 4 N–H and O–H groups in total. The molecule has 3 aromatic heterocycles. The van der Waals surface area contributed by atoms with Gasteiger partial charge < -0.3 is 20.5 Å². The molecular formula is C44H47N11O4. The maximum absolute atomic E-state index is 13.2. The van der Waals surface area contributed by atoms with E-state index < -0.39 is 29.7 Å². The van der Waals surface area contributed by atoms with Crippen molar-refractivity contribution in [3.05, 3.63) is 83.8 Å². The molecular weight excluding hydrogens is 747 g/mol. The number of fused-ring (bicyclic) bond motifs is 2. The summed E-state index contributed by atoms with van der Waals surface area (Å²) in [6.07, 6.45) is 14.2. The smallest absolute Gasteiger partial charge is 0.262 e. The zero-order valence-electron chi connectivity index (χ0n) is 32.8. The summed E-state index contributed by atoms with van der Waals surface area (Å²) in [4.78, 5) is 66.6. The highest BCUT2D eigenvalue weighted by atomic mass is 16.2. The number of nitriles is 1. The monoisotopic (exact) mass is 793 g/mol. The minimum absolute atomic E-state index is 0.0721. The van der Waals surface area contributed by atoms with E-state index in [1.807, 2.05) is 29.3 Å². The number of carbonyl (C=O) groups excluding carboxylic acids is 4. The van der Waals surface area contributed by atoms with Crippen LogP contribution in [0.5, 0.6) is 0 Å². The zero-order valence-corrected chi connectivity index (χ0v) is 32.8. The third kappa shape index (κ3) is 7.80. The number of piperidine rings is 2. The van der Waals surface area contributed by atoms with Crippen LogP contribution in [-0.4, -0.2) is 90.4 Å². The summed E-state index contributed by atoms with van der Waals surface area (Å²) in [5.74, 6) is -0.559. The van der Waals surface area contributed by atoms with Crippen LogP contribution < -0.4 is 16.0 Å². The van der Waals surface area contributed by atoms with Gasteiger partial charge in [0.25, 0.3) is 11.8 Å². The molecule has 1 saturated carbocycles. The minimum atomic E-state index is -0.974. The van der Waals surface area contributed by atoms with Gasteiger partial charge in [-0.25, -0.2) is 4.98 Å². The molecule has 15 heteroatoms. The normalized spacial score (nSPS) is 19.6. The summed E-state index contributed by atoms with van der Waals surface area (Å²) in [7, 11) is 0. The molecule has 2 aromatic carbocycles. The Kier molecular flexibility index (Phi) is 10.6. The standard InChI is InChI=1S/C44H47N11O4/c45-18-14-36(29-4-1-2-5-29)54-26-30(25-48-54)39-34-15-20-47-40(34)52-44(51-39)49-31-8-6-27(7-9-31)28-16-22-53(23-17-28)21-3-19-46-32-10-11-33-35(24-32)43(59)55(42(33)58)37-12-13-38(56)50-41(37)57/h6-11,15,20,24-26,28-29,36-37,46H,1-5,12-14,16-17,19,21-23H2,(H,50,56,57)(H2,47,49,51,52). The van der Waals surface area contributed by atoms with E-state index in [0.29, 0.717) is 30.7 Å². The Balaban J connectivity index is 0.758. The second-order valence-electron chi connectivity index (χ2n) is 16.2. The number of rotatable bonds is 13. The molecule has 1 aliphatic carbocycles. The topological polar surface area (TPSA) is 194 Å². The number of H-pyrrole nitrogens is 1. The van der Waals surface area contributed by atoms with Gasteiger partial charge in [-0.15, -0.1) is 0 Å². The van der Waals surface area contributed by atoms with Gasteiger partial charge in [0.05, 0.1) is 41.5 Å². The van der Waals surface area contributed by atoms with Crippen molar-refractivity contribution in [1.82, 2.24) is 39.8 Å². The number of aromatic amines is 1. The Hall–Kier alpha value is -6.40. The Bertz CT molecular complexity index is 2440. The zero-order chi connectivity index (χ0) is 40.5. The molecule has 59 heavy (non-hydrogen) atoms. The number of benzene rings is 2. The van der Waals surface area contributed by atoms with Crippen LogP contribution in [0.1, 0.15) is 102 Å². The Morgan fingerprint density at radius 3 is 2.46 bits per heavy atom. The molecule has 3 aliphatic heterocycles. The summed E-state index contributed by atoms with van der Waals surface area (Å²) < 4.78 is 1.97. The molecule has 4 amide bonds. The highest BCUT2D eigenvalue weighted by molar-refractivity contribution is 6.23. The minimum Gasteiger partial charge on any atom is -0.385 e. The third-order valence-electron chi connectivity index (χ3n) is 12.5. The molecule has 0 radical (unpaired) electrons. The van der Waals surface area contributed by atoms with Crippen LogP contribution in [0.15, 0.2) is 67.1 Å². The lowest BCUT2D eigenvalue weighted by Gasteiger charge is -2.32. The molecule has 4 aliphatic rings. The fourth-order valence-corrected chi connectivity index (χ4v) is 9.34. The van der Waals surface area contributed by atoms with Gasteiger partial charge in [-0.2, -0.15) is 15.3 Å². The van der Waals surface area contributed by atoms with Gasteiger partial charge in [0, 0.05) is 47.7 Å². The average Bonchev–Trinajstić information content (AvgIpc) is 4.08. The molecule has 0 spiro atoms. The van der Waals surface area contributed by atoms with Crippen LogP contribution in [-0.2, 0) is 9.59 Å². The van der Waals surface area contributed by atoms with Crippen molar-refractivity contribution in [1.29, 1.82) is 5.26 Å². The number of carbonyl (C=O) groups is 4. The third-order valence-corrected chi connectivity index (χ3v) is 12.5. The van der Waals surface area contributed by atoms with Crippen LogP contribution in [0, 0.1) is 17.2 Å². The number of hydrogen-bond donors (Lipinski definition) is 4. The summed E-state index contributed by atoms with van der Waals surface area (Å²) >= 11 is 0. The lowest BCUT2D eigenvalue weighted by molar-refractivity contribution is -0.136. The summed E-state index contributed by atoms with van der Waals surface area (Å²) in [5.41, 5.74) is 5.96. The number of imide groups is 2. The van der Waals surface area contributed by atoms with E-state index in [2.05, 4.69) is 56.2 Å². The SMILES string of the molecule is N#CCC(C1CCCC1)n1cc(-c2nc(Nc3ccc(C4CCN(CCCNc5ccc6c(c5)C(=O)N(C5CCC(=O)NC5=O)C6=O)CC4)cc3)nc3[nH]ccc23)cn1. The van der Waals surface area contributed by atoms with E-state index in [0.717, 1.165) is 90.3 Å². The Morgan fingerprint density at radius 1 is 0.898 bits per heavy atom. The first-order valence-corrected chi connectivity index (χ1v) is 20.8. The van der Waals surface area contributed by atoms with E-state index in [1.165, 1.54) is 18.4 Å². The number of likely N-dealkylation sites (tertiary alicyclic amines) is 1. The second-order valence-corrected chi connectivity index (χ2v) is 16.2. The van der Waals surface area contributed by atoms with Crippen LogP contribution >= 0.6 is 0 Å². The highest BCUT2D eigenvalue weighted by Gasteiger charge is 2.44. The van der Waals surface area contributed by atoms with Crippen molar-refractivity contribution in [2.75, 3.05) is 36.8 Å². The number of nitrogens with zero attached hydrogens (tertiary/aromatic N) is 7. The molecule has 0 bridgehead atoms. The summed E-state index contributed by atoms with van der Waals surface area (Å²) in [5, 5.41) is 24.2. The second kappa shape index (κ2) is 16.5. The summed E-state index contributed by atoms with van der Waals surface area (Å²) in [6.45, 7) is 3.68. The van der Waals surface area contributed by atoms with Gasteiger partial charge in [0.1, 0.15) is 11.7 Å². The van der Waals surface area contributed by atoms with Crippen molar-refractivity contribution in [2.45, 2.75) is 82.2 Å². The lowest BCUT2D eigenvalue weighted by Crippen LogP contribution is -2.54. The molecule has 9 rings (SSSR count). The quantitative estimate of drug-likeness (QED) is 0.0773. The van der Waals surface area contributed by atoms with Crippen molar-refractivity contribution < 1.29 is 19.2 Å². The van der Waals surface area contributed by atoms with Crippen molar-refractivity contribution in [3.8, 4) is 17.3 Å². The molecule has 5 aromatic rings. The fourth-order valence-electron chi connectivity index (χ4n) is 9.34. The molecule has 302 valence electrons. The number of nitrogens with one attached hydrogen (secondary N) is 4. The predicted octanol–water partition coefficient (Wildman–Crippen LogP) is 6.29. The van der Waals surface area contributed by atoms with E-state index in [4.69, 9.17) is 15.1 Å². The van der Waals surface area contributed by atoms with Crippen LogP contribution in [0.25, 0.3) is 22.3 Å². The van der Waals surface area contributed by atoms with E-state index in [1.54, 1.807) is 18.2 Å². The van der Waals surface area contributed by atoms with Crippen LogP contribution in [0.2, 0.25) is 0 Å². The molecule has 15 nitrogen and oxygen atoms in total. The molecule has 3 fully saturated rings. The molecule has 2 atom stereocenters. The number of hydrogen-bond acceptors (Lipinski definition) is 11. The first-order chi connectivity index (χ1) is 28.8. The van der Waals surface area contributed by atoms with Crippen molar-refractivity contribution in [2.24, 2.45) is 5.92 Å². The van der Waals surface area contributed by atoms with Crippen LogP contribution in [0.4, 0.5) is 17.3 Å². The van der Waals surface area contributed by atoms with E-state index >= 15 is 0 Å². The van der Waals surface area contributed by atoms with Crippen molar-refractivity contribution in [3.63, 3.8) is 0 Å². The molecule has 2 unspecified atom stereocenters. The maximum atomic E-state index is 13.2. The Labute approximate surface area is 341 Å². The molecule has 2 saturated heterocycles. The number of amides is 4. The van der Waals surface area contributed by atoms with E-state index in [-0.39, 0.29) is 30.0 Å². The van der Waals surface area contributed by atoms with Gasteiger partial charge in [0.2, 0.25) is 17.8 Å². The van der Waals surface area contributed by atoms with Gasteiger partial charge in [-0.05, 0) is 112 Å². The van der Waals surface area contributed by atoms with Crippen LogP contribution in [0.3, 0.4) is 0 Å². The number of aromatic nitrogens is 5. The van der Waals surface area contributed by atoms with Crippen molar-refractivity contribution >= 4 is 52.0 Å². The van der Waals surface area contributed by atoms with Gasteiger partial charge in [-0.3, -0.25) is 34.1 Å². The maximum Gasteiger partial charge on any atom is 0.262 e. The lowest BCUT2D eigenvalue weighted by atomic mass is 9.89. The largest absolute Gasteiger partial charge is 0.385 e. The summed E-state index contributed by atoms with van der Waals surface area (Å²) in [6, 6.07) is 17.1. The van der Waals surface area contributed by atoms with Gasteiger partial charge in [0.15, 0.2) is 0 Å². The van der Waals surface area contributed by atoms with E-state index in [9.17, 15) is 24.4 Å². The fraction of sp³-hybridized carbons (Fsp3) is 0.409. The predicted molar refractivity (Wildman–Crippen MR) is 221 cm³/mol. The Morgan fingerprint density at radius 2 is 1.68 bits per heavy atom. The molecule has 6 heterocycles. The average molecular weight is 794 g/mol. The van der Waals surface area contributed by atoms with Gasteiger partial charge in [-0.1, -0.05) is 25.0 Å². The highest BCUT2D eigenvalue weighted by Crippen LogP contribution is 2.37. The first-order valence-electron chi connectivity index (χ1n) is 20.8. The first kappa shape index (κ1) is 38.1. The number of anilines is 3.